The first-order valence-electron chi connectivity index (χ1n) is 2.57. The highest BCUT2D eigenvalue weighted by molar-refractivity contribution is 8.01. The van der Waals surface area contributed by atoms with Crippen LogP contribution in [0.15, 0.2) is 11.6 Å². The van der Waals surface area contributed by atoms with E-state index in [9.17, 15) is 4.79 Å². The van der Waals surface area contributed by atoms with E-state index in [2.05, 4.69) is 0 Å². The van der Waals surface area contributed by atoms with Crippen molar-refractivity contribution in [2.75, 3.05) is 11.5 Å². The van der Waals surface area contributed by atoms with E-state index in [0.717, 1.165) is 11.5 Å². The van der Waals surface area contributed by atoms with Gasteiger partial charge in [-0.1, -0.05) is 0 Å². The minimum atomic E-state index is 0.181. The van der Waals surface area contributed by atoms with E-state index < -0.39 is 0 Å². The number of allylic oxidation sites excluding steroid dienone is 1. The molecule has 1 nitrogen and oxygen atoms in total. The Labute approximate surface area is 53.2 Å². The zero-order chi connectivity index (χ0) is 5.98. The highest BCUT2D eigenvalue weighted by atomic mass is 32.2. The van der Waals surface area contributed by atoms with Crippen molar-refractivity contribution >= 4 is 17.5 Å². The van der Waals surface area contributed by atoms with Gasteiger partial charge < -0.3 is 0 Å². The fourth-order valence-electron chi connectivity index (χ4n) is 0.591. The van der Waals surface area contributed by atoms with Gasteiger partial charge in [0, 0.05) is 11.5 Å². The third kappa shape index (κ3) is 1.37. The molecule has 0 bridgehead atoms. The fraction of sp³-hybridized carbons (Fsp3) is 0.500. The Morgan fingerprint density at radius 3 is 2.50 bits per heavy atom. The molecule has 1 aliphatic heterocycles. The van der Waals surface area contributed by atoms with Gasteiger partial charge in [-0.25, -0.2) is 0 Å². The Balaban J connectivity index is 2.42. The summed E-state index contributed by atoms with van der Waals surface area (Å²) in [6, 6.07) is 0. The van der Waals surface area contributed by atoms with E-state index in [1.165, 1.54) is 5.57 Å². The van der Waals surface area contributed by atoms with Crippen LogP contribution in [-0.4, -0.2) is 17.3 Å². The van der Waals surface area contributed by atoms with Crippen molar-refractivity contribution in [3.8, 4) is 0 Å². The average Bonchev–Trinajstić information content (AvgIpc) is 1.55. The molecule has 0 aliphatic carbocycles. The summed E-state index contributed by atoms with van der Waals surface area (Å²) in [5.41, 5.74) is 1.29. The van der Waals surface area contributed by atoms with Gasteiger partial charge in [0.2, 0.25) is 0 Å². The summed E-state index contributed by atoms with van der Waals surface area (Å²) in [4.78, 5) is 10.4. The van der Waals surface area contributed by atoms with Crippen molar-refractivity contribution in [1.82, 2.24) is 0 Å². The largest absolute Gasteiger partial charge is 0.295 e. The number of thioether (sulfide) groups is 1. The summed E-state index contributed by atoms with van der Waals surface area (Å²) in [6.07, 6.45) is 1.73. The van der Waals surface area contributed by atoms with Gasteiger partial charge in [-0.05, 0) is 18.6 Å². The molecule has 1 heterocycles. The van der Waals surface area contributed by atoms with Crippen LogP contribution >= 0.6 is 11.8 Å². The molecule has 0 aromatic rings. The molecule has 1 aliphatic rings. The van der Waals surface area contributed by atoms with Crippen LogP contribution in [0, 0.1) is 0 Å². The highest BCUT2D eigenvalue weighted by Crippen LogP contribution is 2.22. The number of rotatable bonds is 1. The standard InChI is InChI=1S/C6H8OS/c1-5(7)2-6-3-8-4-6/h2H,3-4H2,1H3. The monoisotopic (exact) mass is 128 g/mol. The maximum atomic E-state index is 10.4. The van der Waals surface area contributed by atoms with Crippen LogP contribution < -0.4 is 0 Å². The first-order chi connectivity index (χ1) is 3.79. The third-order valence-electron chi connectivity index (χ3n) is 0.982. The van der Waals surface area contributed by atoms with Gasteiger partial charge in [0.05, 0.1) is 0 Å². The zero-order valence-electron chi connectivity index (χ0n) is 4.81. The lowest BCUT2D eigenvalue weighted by Crippen LogP contribution is -2.05. The van der Waals surface area contributed by atoms with Gasteiger partial charge >= 0.3 is 0 Å². The molecule has 0 unspecified atom stereocenters. The predicted molar refractivity (Wildman–Crippen MR) is 36.1 cm³/mol. The summed E-state index contributed by atoms with van der Waals surface area (Å²) in [5, 5.41) is 0. The predicted octanol–water partition coefficient (Wildman–Crippen LogP) is 1.25. The van der Waals surface area contributed by atoms with Crippen molar-refractivity contribution in [1.29, 1.82) is 0 Å². The molecule has 0 aromatic heterocycles. The Bertz CT molecular complexity index is 131. The Kier molecular flexibility index (Phi) is 1.73. The summed E-state index contributed by atoms with van der Waals surface area (Å²) in [7, 11) is 0. The minimum absolute atomic E-state index is 0.181. The van der Waals surface area contributed by atoms with Gasteiger partial charge in [-0.15, -0.1) is 0 Å². The van der Waals surface area contributed by atoms with Gasteiger partial charge in [0.15, 0.2) is 5.78 Å². The van der Waals surface area contributed by atoms with Crippen LogP contribution in [-0.2, 0) is 4.79 Å². The molecule has 0 spiro atoms. The molecular formula is C6H8OS. The molecular weight excluding hydrogens is 120 g/mol. The molecule has 0 saturated carbocycles. The van der Waals surface area contributed by atoms with E-state index in [0.29, 0.717) is 0 Å². The number of ketones is 1. The molecule has 0 atom stereocenters. The summed E-state index contributed by atoms with van der Waals surface area (Å²) >= 11 is 1.87. The molecule has 0 amide bonds. The Morgan fingerprint density at radius 2 is 2.38 bits per heavy atom. The molecule has 8 heavy (non-hydrogen) atoms. The number of hydrogen-bond donors (Lipinski definition) is 0. The molecule has 1 fully saturated rings. The van der Waals surface area contributed by atoms with Gasteiger partial charge in [-0.2, -0.15) is 11.8 Å². The summed E-state index contributed by atoms with van der Waals surface area (Å²) in [6.45, 7) is 1.59. The lowest BCUT2D eigenvalue weighted by Gasteiger charge is -2.13. The first kappa shape index (κ1) is 5.89. The second-order valence-electron chi connectivity index (χ2n) is 1.91. The van der Waals surface area contributed by atoms with Crippen molar-refractivity contribution < 1.29 is 4.79 Å². The first-order valence-corrected chi connectivity index (χ1v) is 3.72. The number of carbonyl (C=O) groups excluding carboxylic acids is 1. The quantitative estimate of drug-likeness (QED) is 0.494. The molecule has 1 rings (SSSR count). The average molecular weight is 128 g/mol. The Morgan fingerprint density at radius 1 is 1.75 bits per heavy atom. The van der Waals surface area contributed by atoms with Crippen molar-refractivity contribution in [3.05, 3.63) is 11.6 Å². The van der Waals surface area contributed by atoms with Crippen LogP contribution in [0.4, 0.5) is 0 Å². The summed E-state index contributed by atoms with van der Waals surface area (Å²) < 4.78 is 0. The summed E-state index contributed by atoms with van der Waals surface area (Å²) in [5.74, 6) is 2.32. The molecule has 0 aromatic carbocycles. The SMILES string of the molecule is CC(=O)C=C1CSC1. The fourth-order valence-corrected chi connectivity index (χ4v) is 1.20. The lowest BCUT2D eigenvalue weighted by molar-refractivity contribution is -0.112. The van der Waals surface area contributed by atoms with Crippen LogP contribution in [0.3, 0.4) is 0 Å². The van der Waals surface area contributed by atoms with E-state index in [1.807, 2.05) is 11.8 Å². The third-order valence-corrected chi connectivity index (χ3v) is 2.13. The molecule has 0 N–H and O–H groups in total. The van der Waals surface area contributed by atoms with Crippen LogP contribution in [0.5, 0.6) is 0 Å². The smallest absolute Gasteiger partial charge is 0.152 e. The topological polar surface area (TPSA) is 17.1 Å². The highest BCUT2D eigenvalue weighted by Gasteiger charge is 2.08. The van der Waals surface area contributed by atoms with Gasteiger partial charge in [0.25, 0.3) is 0 Å². The van der Waals surface area contributed by atoms with Crippen molar-refractivity contribution in [3.63, 3.8) is 0 Å². The molecule has 1 saturated heterocycles. The van der Waals surface area contributed by atoms with Crippen molar-refractivity contribution in [2.45, 2.75) is 6.92 Å². The Hall–Kier alpha value is -0.240. The van der Waals surface area contributed by atoms with Crippen molar-refractivity contribution in [2.24, 2.45) is 0 Å². The second kappa shape index (κ2) is 2.35. The van der Waals surface area contributed by atoms with E-state index >= 15 is 0 Å². The van der Waals surface area contributed by atoms with Gasteiger partial charge in [-0.3, -0.25) is 4.79 Å². The minimum Gasteiger partial charge on any atom is -0.295 e. The zero-order valence-corrected chi connectivity index (χ0v) is 5.62. The number of carbonyl (C=O) groups is 1. The van der Waals surface area contributed by atoms with Crippen LogP contribution in [0.2, 0.25) is 0 Å². The van der Waals surface area contributed by atoms with Crippen LogP contribution in [0.1, 0.15) is 6.92 Å². The van der Waals surface area contributed by atoms with Crippen LogP contribution in [0.25, 0.3) is 0 Å². The maximum Gasteiger partial charge on any atom is 0.152 e. The number of hydrogen-bond acceptors (Lipinski definition) is 2. The second-order valence-corrected chi connectivity index (χ2v) is 2.89. The van der Waals surface area contributed by atoms with E-state index in [-0.39, 0.29) is 5.78 Å². The maximum absolute atomic E-state index is 10.4. The molecule has 0 radical (unpaired) electrons. The molecule has 44 valence electrons. The lowest BCUT2D eigenvalue weighted by atomic mass is 10.2. The molecule has 2 heteroatoms. The van der Waals surface area contributed by atoms with Gasteiger partial charge in [0.1, 0.15) is 0 Å². The van der Waals surface area contributed by atoms with E-state index in [4.69, 9.17) is 0 Å². The van der Waals surface area contributed by atoms with E-state index in [1.54, 1.807) is 13.0 Å². The normalized spacial score (nSPS) is 17.4.